The number of carbonyl (C=O) groups is 2. The van der Waals surface area contributed by atoms with Crippen LogP contribution >= 0.6 is 0 Å². The lowest BCUT2D eigenvalue weighted by molar-refractivity contribution is -0.138. The van der Waals surface area contributed by atoms with Gasteiger partial charge in [-0.3, -0.25) is 4.79 Å². The molecule has 10 heteroatoms. The minimum Gasteiger partial charge on any atom is -0.423 e. The van der Waals surface area contributed by atoms with E-state index < -0.39 is 70.5 Å². The number of rotatable bonds is 9. The lowest BCUT2D eigenvalue weighted by atomic mass is 10.0. The van der Waals surface area contributed by atoms with E-state index in [1.807, 2.05) is 0 Å². The molecule has 1 atom stereocenters. The second kappa shape index (κ2) is 10.9. The number of benzene rings is 2. The molecule has 0 amide bonds. The largest absolute Gasteiger partial charge is 0.423 e. The van der Waals surface area contributed by atoms with E-state index in [1.54, 1.807) is 0 Å². The average Bonchev–Trinajstić information content (AvgIpc) is 2.75. The molecule has 2 aromatic carbocycles. The summed E-state index contributed by atoms with van der Waals surface area (Å²) in [6, 6.07) is 3.52. The van der Waals surface area contributed by atoms with Crippen molar-refractivity contribution in [2.24, 2.45) is 0 Å². The van der Waals surface area contributed by atoms with Gasteiger partial charge in [0.05, 0.1) is 13.0 Å². The highest BCUT2D eigenvalue weighted by Crippen LogP contribution is 2.34. The summed E-state index contributed by atoms with van der Waals surface area (Å²) in [5, 5.41) is 9.41. The molecule has 1 N–H and O–H groups in total. The van der Waals surface area contributed by atoms with Crippen LogP contribution in [-0.4, -0.2) is 29.9 Å². The Morgan fingerprint density at radius 1 is 0.879 bits per heavy atom. The van der Waals surface area contributed by atoms with E-state index >= 15 is 0 Å². The van der Waals surface area contributed by atoms with E-state index in [9.17, 15) is 32.3 Å². The summed E-state index contributed by atoms with van der Waals surface area (Å²) in [7, 11) is 0. The van der Waals surface area contributed by atoms with Gasteiger partial charge in [0.2, 0.25) is 11.6 Å². The summed E-state index contributed by atoms with van der Waals surface area (Å²) < 4.78 is 72.0. The van der Waals surface area contributed by atoms with Crippen LogP contribution in [0.5, 0.6) is 11.5 Å². The second-order valence-corrected chi connectivity index (χ2v) is 6.94. The number of aliphatic hydroxyl groups is 1. The van der Waals surface area contributed by atoms with Crippen LogP contribution in [0.3, 0.4) is 0 Å². The molecule has 0 saturated carbocycles. The second-order valence-electron chi connectivity index (χ2n) is 6.94. The summed E-state index contributed by atoms with van der Waals surface area (Å²) in [6.45, 7) is 9.29. The van der Waals surface area contributed by atoms with E-state index in [-0.39, 0.29) is 12.2 Å². The molecule has 2 aromatic rings. The van der Waals surface area contributed by atoms with Gasteiger partial charge in [-0.25, -0.2) is 13.6 Å². The van der Waals surface area contributed by atoms with Crippen molar-refractivity contribution in [3.8, 4) is 22.6 Å². The molecule has 0 aliphatic carbocycles. The molecule has 2 rings (SSSR count). The van der Waals surface area contributed by atoms with E-state index in [1.165, 1.54) is 13.8 Å². The predicted octanol–water partition coefficient (Wildman–Crippen LogP) is 4.60. The van der Waals surface area contributed by atoms with Crippen molar-refractivity contribution in [3.05, 3.63) is 71.8 Å². The lowest BCUT2D eigenvalue weighted by Gasteiger charge is -2.13. The van der Waals surface area contributed by atoms with E-state index in [4.69, 9.17) is 9.47 Å². The first kappa shape index (κ1) is 25.8. The van der Waals surface area contributed by atoms with Crippen molar-refractivity contribution in [2.45, 2.75) is 26.6 Å². The summed E-state index contributed by atoms with van der Waals surface area (Å²) >= 11 is 0. The molecule has 0 heterocycles. The molecule has 1 unspecified atom stereocenters. The first-order chi connectivity index (χ1) is 15.4. The Bertz CT molecular complexity index is 1110. The minimum atomic E-state index is -1.61. The van der Waals surface area contributed by atoms with Gasteiger partial charge >= 0.3 is 11.9 Å². The summed E-state index contributed by atoms with van der Waals surface area (Å²) in [6.07, 6.45) is -1.69. The van der Waals surface area contributed by atoms with Crippen molar-refractivity contribution in [1.82, 2.24) is 0 Å². The van der Waals surface area contributed by atoms with Gasteiger partial charge in [-0.1, -0.05) is 13.2 Å². The molecular formula is C23H20F4O6. The Morgan fingerprint density at radius 3 is 1.82 bits per heavy atom. The maximum Gasteiger partial charge on any atom is 0.338 e. The van der Waals surface area contributed by atoms with Crippen LogP contribution in [0.2, 0.25) is 0 Å². The van der Waals surface area contributed by atoms with Gasteiger partial charge in [0.25, 0.3) is 0 Å². The molecule has 6 nitrogen and oxygen atoms in total. The highest BCUT2D eigenvalue weighted by atomic mass is 19.2. The Morgan fingerprint density at radius 2 is 1.36 bits per heavy atom. The molecule has 176 valence electrons. The molecule has 0 saturated heterocycles. The molecule has 0 spiro atoms. The Hall–Kier alpha value is -3.50. The molecule has 0 aliphatic rings. The topological polar surface area (TPSA) is 82.1 Å². The normalized spacial score (nSPS) is 11.6. The fourth-order valence-corrected chi connectivity index (χ4v) is 2.39. The van der Waals surface area contributed by atoms with Crippen LogP contribution in [0, 0.1) is 23.3 Å². The van der Waals surface area contributed by atoms with Crippen molar-refractivity contribution >= 4 is 11.9 Å². The van der Waals surface area contributed by atoms with Crippen molar-refractivity contribution in [1.29, 1.82) is 0 Å². The third-order valence-electron chi connectivity index (χ3n) is 4.16. The summed E-state index contributed by atoms with van der Waals surface area (Å²) in [4.78, 5) is 23.3. The Labute approximate surface area is 186 Å². The third-order valence-corrected chi connectivity index (χ3v) is 4.16. The van der Waals surface area contributed by atoms with E-state index in [2.05, 4.69) is 17.9 Å². The summed E-state index contributed by atoms with van der Waals surface area (Å²) in [5.74, 6) is -9.91. The summed E-state index contributed by atoms with van der Waals surface area (Å²) in [5.41, 5.74) is -1.07. The monoisotopic (exact) mass is 468 g/mol. The first-order valence-corrected chi connectivity index (χ1v) is 9.43. The number of hydrogen-bond donors (Lipinski definition) is 1. The van der Waals surface area contributed by atoms with E-state index in [0.717, 1.165) is 24.3 Å². The fraction of sp³-hybridized carbons (Fsp3) is 0.217. The molecule has 0 bridgehead atoms. The van der Waals surface area contributed by atoms with Crippen LogP contribution in [-0.2, 0) is 14.3 Å². The van der Waals surface area contributed by atoms with E-state index in [0.29, 0.717) is 5.57 Å². The first-order valence-electron chi connectivity index (χ1n) is 9.43. The van der Waals surface area contributed by atoms with Gasteiger partial charge < -0.3 is 19.3 Å². The molecule has 0 radical (unpaired) electrons. The SMILES string of the molecule is C=C(C)C(=O)Oc1ccc(-c2ccc(OC(=O)CCOC(O)C(=C)C)c(F)c2F)c(F)c1F. The standard InChI is InChI=1S/C23H20F4O6/c1-11(2)22(29)31-10-9-17(28)32-15-7-5-13(18(24)20(15)26)14-6-8-16(21(27)19(14)25)33-23(30)12(3)4/h5-8,22,29H,1,3,9-10H2,2,4H3. The molecule has 33 heavy (non-hydrogen) atoms. The van der Waals surface area contributed by atoms with Gasteiger partial charge in [0, 0.05) is 16.7 Å². The number of halogens is 4. The third kappa shape index (κ3) is 6.27. The highest BCUT2D eigenvalue weighted by molar-refractivity contribution is 5.88. The van der Waals surface area contributed by atoms with Gasteiger partial charge in [-0.15, -0.1) is 0 Å². The Kier molecular flexibility index (Phi) is 8.50. The predicted molar refractivity (Wildman–Crippen MR) is 109 cm³/mol. The van der Waals surface area contributed by atoms with Crippen LogP contribution in [0.4, 0.5) is 17.6 Å². The zero-order chi connectivity index (χ0) is 24.9. The van der Waals surface area contributed by atoms with Crippen LogP contribution in [0.1, 0.15) is 20.3 Å². The highest BCUT2D eigenvalue weighted by Gasteiger charge is 2.23. The number of ether oxygens (including phenoxy) is 3. The zero-order valence-corrected chi connectivity index (χ0v) is 17.7. The smallest absolute Gasteiger partial charge is 0.338 e. The lowest BCUT2D eigenvalue weighted by Crippen LogP contribution is -2.18. The quantitative estimate of drug-likeness (QED) is 0.145. The van der Waals surface area contributed by atoms with Crippen molar-refractivity contribution in [2.75, 3.05) is 6.61 Å². The molecule has 0 aliphatic heterocycles. The molecule has 0 aromatic heterocycles. The fourth-order valence-electron chi connectivity index (χ4n) is 2.39. The molecule has 0 fully saturated rings. The minimum absolute atomic E-state index is 0.0595. The number of esters is 2. The number of hydrogen-bond acceptors (Lipinski definition) is 6. The van der Waals surface area contributed by atoms with Gasteiger partial charge in [0.15, 0.2) is 29.4 Å². The van der Waals surface area contributed by atoms with Crippen LogP contribution in [0.15, 0.2) is 48.6 Å². The maximum atomic E-state index is 14.6. The van der Waals surface area contributed by atoms with Gasteiger partial charge in [0.1, 0.15) is 0 Å². The maximum absolute atomic E-state index is 14.6. The Balaban J connectivity index is 2.20. The zero-order valence-electron chi connectivity index (χ0n) is 17.7. The van der Waals surface area contributed by atoms with Crippen LogP contribution in [0.25, 0.3) is 11.1 Å². The van der Waals surface area contributed by atoms with Gasteiger partial charge in [-0.2, -0.15) is 8.78 Å². The van der Waals surface area contributed by atoms with Crippen LogP contribution < -0.4 is 9.47 Å². The van der Waals surface area contributed by atoms with Gasteiger partial charge in [-0.05, 0) is 43.7 Å². The number of aliphatic hydroxyl groups excluding tert-OH is 1. The van der Waals surface area contributed by atoms with Crippen molar-refractivity contribution in [3.63, 3.8) is 0 Å². The average molecular weight is 468 g/mol. The molecular weight excluding hydrogens is 448 g/mol. The number of carbonyl (C=O) groups excluding carboxylic acids is 2. The van der Waals surface area contributed by atoms with Crippen molar-refractivity contribution < 1.29 is 46.5 Å².